The van der Waals surface area contributed by atoms with Crippen LogP contribution in [0.3, 0.4) is 0 Å². The van der Waals surface area contributed by atoms with E-state index in [4.69, 9.17) is 0 Å². The van der Waals surface area contributed by atoms with Gasteiger partial charge in [0.1, 0.15) is 0 Å². The molecular weight excluding hydrogens is 562 g/mol. The van der Waals surface area contributed by atoms with Gasteiger partial charge in [-0.15, -0.1) is 0 Å². The van der Waals surface area contributed by atoms with Gasteiger partial charge in [0.2, 0.25) is 5.91 Å². The van der Waals surface area contributed by atoms with E-state index in [1.54, 1.807) is 0 Å². The van der Waals surface area contributed by atoms with E-state index in [0.29, 0.717) is 26.1 Å². The highest BCUT2D eigenvalue weighted by atomic mass is 19.4. The number of hydrogen-bond acceptors (Lipinski definition) is 5. The molecule has 2 aromatic carbocycles. The number of carbonyl (C=O) groups excluding carboxylic acids is 1. The first-order chi connectivity index (χ1) is 19.8. The normalized spacial score (nSPS) is 20.3. The van der Waals surface area contributed by atoms with Crippen LogP contribution in [0.15, 0.2) is 48.7 Å². The Balaban J connectivity index is 1.35. The zero-order chi connectivity index (χ0) is 30.1. The number of nitrogens with one attached hydrogen (secondary N) is 2. The van der Waals surface area contributed by atoms with Gasteiger partial charge >= 0.3 is 12.4 Å². The van der Waals surface area contributed by atoms with Gasteiger partial charge in [-0.25, -0.2) is 5.01 Å². The summed E-state index contributed by atoms with van der Waals surface area (Å²) in [4.78, 5) is 22.2. The first kappa shape index (κ1) is 30.3. The van der Waals surface area contributed by atoms with E-state index in [2.05, 4.69) is 15.3 Å². The molecule has 0 aliphatic carbocycles. The molecule has 2 saturated heterocycles. The number of fused-ring (bicyclic) bond motifs is 1. The van der Waals surface area contributed by atoms with Crippen molar-refractivity contribution in [2.75, 3.05) is 59.4 Å². The molecule has 0 spiro atoms. The molecule has 13 heteroatoms. The number of nitrogens with zero attached hydrogens (tertiary/aromatic N) is 4. The van der Waals surface area contributed by atoms with Crippen molar-refractivity contribution >= 4 is 16.8 Å². The molecule has 42 heavy (non-hydrogen) atoms. The molecule has 0 unspecified atom stereocenters. The smallest absolute Gasteiger partial charge is 0.361 e. The SMILES string of the molecule is CN1CCN(NC(=O)CN2CCN(Cc3cc(C(F)(F)F)cc(C(F)(F)F)c3)[C@H](Cc3c[nH]c4ccccc34)C2)CC1. The van der Waals surface area contributed by atoms with Gasteiger partial charge in [-0.05, 0) is 48.9 Å². The highest BCUT2D eigenvalue weighted by Gasteiger charge is 2.37. The van der Waals surface area contributed by atoms with E-state index in [-0.39, 0.29) is 36.7 Å². The molecule has 3 aromatic rings. The van der Waals surface area contributed by atoms with Gasteiger partial charge in [0.05, 0.1) is 17.7 Å². The molecule has 2 fully saturated rings. The number of hydrazine groups is 1. The first-order valence-corrected chi connectivity index (χ1v) is 13.9. The van der Waals surface area contributed by atoms with Crippen molar-refractivity contribution < 1.29 is 31.1 Å². The second-order valence-corrected chi connectivity index (χ2v) is 11.2. The average molecular weight is 597 g/mol. The van der Waals surface area contributed by atoms with Crippen molar-refractivity contribution in [3.8, 4) is 0 Å². The molecule has 2 aliphatic rings. The quantitative estimate of drug-likeness (QED) is 0.401. The van der Waals surface area contributed by atoms with Gasteiger partial charge < -0.3 is 9.88 Å². The number of likely N-dealkylation sites (N-methyl/N-ethyl adjacent to an activating group) is 1. The zero-order valence-electron chi connectivity index (χ0n) is 23.2. The van der Waals surface area contributed by atoms with Crippen molar-refractivity contribution in [3.63, 3.8) is 0 Å². The van der Waals surface area contributed by atoms with E-state index in [9.17, 15) is 31.1 Å². The minimum Gasteiger partial charge on any atom is -0.361 e. The number of amides is 1. The van der Waals surface area contributed by atoms with Crippen LogP contribution in [0.25, 0.3) is 10.9 Å². The molecule has 2 aliphatic heterocycles. The lowest BCUT2D eigenvalue weighted by Crippen LogP contribution is -2.58. The molecule has 0 radical (unpaired) electrons. The molecule has 2 N–H and O–H groups in total. The van der Waals surface area contributed by atoms with Crippen molar-refractivity contribution in [2.24, 2.45) is 0 Å². The highest BCUT2D eigenvalue weighted by Crippen LogP contribution is 2.37. The summed E-state index contributed by atoms with van der Waals surface area (Å²) in [6, 6.07) is 9.23. The molecule has 5 rings (SSSR count). The Kier molecular flexibility index (Phi) is 8.83. The van der Waals surface area contributed by atoms with E-state index in [1.807, 2.05) is 52.3 Å². The van der Waals surface area contributed by atoms with Gasteiger partial charge in [0.15, 0.2) is 0 Å². The molecule has 228 valence electrons. The Labute approximate surface area is 240 Å². The van der Waals surface area contributed by atoms with E-state index < -0.39 is 23.5 Å². The topological polar surface area (TPSA) is 57.9 Å². The van der Waals surface area contributed by atoms with Crippen LogP contribution in [0.4, 0.5) is 26.3 Å². The third kappa shape index (κ3) is 7.44. The number of aromatic amines is 1. The third-order valence-electron chi connectivity index (χ3n) is 8.01. The van der Waals surface area contributed by atoms with Gasteiger partial charge in [0, 0.05) is 75.5 Å². The van der Waals surface area contributed by atoms with Crippen LogP contribution in [0.2, 0.25) is 0 Å². The standard InChI is InChI=1S/C29H34F6N6O/c1-38-6-10-41(11-7-38)37-27(42)19-39-8-9-40(24(18-39)14-21-16-36-26-5-3-2-4-25(21)26)17-20-12-22(28(30,31)32)15-23(13-20)29(33,34)35/h2-5,12-13,15-16,24,36H,6-11,14,17-19H2,1H3,(H,37,42)/t24-/m1/s1. The molecule has 1 amide bonds. The van der Waals surface area contributed by atoms with Gasteiger partial charge in [-0.2, -0.15) is 26.3 Å². The lowest BCUT2D eigenvalue weighted by Gasteiger charge is -2.42. The van der Waals surface area contributed by atoms with Crippen LogP contribution in [0, 0.1) is 0 Å². The number of aromatic nitrogens is 1. The number of rotatable bonds is 7. The molecule has 3 heterocycles. The van der Waals surface area contributed by atoms with E-state index in [0.717, 1.165) is 54.8 Å². The molecule has 1 aromatic heterocycles. The van der Waals surface area contributed by atoms with Crippen molar-refractivity contribution in [2.45, 2.75) is 31.4 Å². The number of carbonyl (C=O) groups is 1. The van der Waals surface area contributed by atoms with Crippen LogP contribution < -0.4 is 5.43 Å². The minimum atomic E-state index is -4.91. The second-order valence-electron chi connectivity index (χ2n) is 11.2. The van der Waals surface area contributed by atoms with Gasteiger partial charge in [0.25, 0.3) is 0 Å². The number of piperazine rings is 2. The van der Waals surface area contributed by atoms with Crippen molar-refractivity contribution in [3.05, 3.63) is 70.9 Å². The summed E-state index contributed by atoms with van der Waals surface area (Å²) in [5.74, 6) is -0.147. The fourth-order valence-corrected chi connectivity index (χ4v) is 5.74. The maximum absolute atomic E-state index is 13.5. The van der Waals surface area contributed by atoms with Gasteiger partial charge in [-0.3, -0.25) is 20.0 Å². The highest BCUT2D eigenvalue weighted by molar-refractivity contribution is 5.83. The molecule has 0 saturated carbocycles. The summed E-state index contributed by atoms with van der Waals surface area (Å²) in [6.07, 6.45) is -7.43. The number of H-pyrrole nitrogens is 1. The Hall–Kier alpha value is -3.13. The van der Waals surface area contributed by atoms with Crippen LogP contribution in [-0.2, 0) is 30.1 Å². The van der Waals surface area contributed by atoms with Crippen LogP contribution in [-0.4, -0.2) is 96.0 Å². The summed E-state index contributed by atoms with van der Waals surface area (Å²) >= 11 is 0. The fraction of sp³-hybridized carbons (Fsp3) is 0.483. The predicted octanol–water partition coefficient (Wildman–Crippen LogP) is 4.21. The Morgan fingerprint density at radius 2 is 1.60 bits per heavy atom. The fourth-order valence-electron chi connectivity index (χ4n) is 5.74. The number of para-hydroxylation sites is 1. The summed E-state index contributed by atoms with van der Waals surface area (Å²) < 4.78 is 81.1. The van der Waals surface area contributed by atoms with Crippen molar-refractivity contribution in [1.82, 2.24) is 30.1 Å². The second kappa shape index (κ2) is 12.2. The molecule has 7 nitrogen and oxygen atoms in total. The number of hydrogen-bond donors (Lipinski definition) is 2. The summed E-state index contributed by atoms with van der Waals surface area (Å²) in [6.45, 7) is 4.45. The maximum atomic E-state index is 13.5. The first-order valence-electron chi connectivity index (χ1n) is 13.9. The summed E-state index contributed by atoms with van der Waals surface area (Å²) in [5, 5.41) is 2.90. The van der Waals surface area contributed by atoms with Crippen LogP contribution in [0.5, 0.6) is 0 Å². The molecule has 1 atom stereocenters. The average Bonchev–Trinajstić information content (AvgIpc) is 3.33. The van der Waals surface area contributed by atoms with Crippen LogP contribution in [0.1, 0.15) is 22.3 Å². The van der Waals surface area contributed by atoms with Crippen LogP contribution >= 0.6 is 0 Å². The summed E-state index contributed by atoms with van der Waals surface area (Å²) in [5.41, 5.74) is 2.19. The lowest BCUT2D eigenvalue weighted by atomic mass is 9.99. The maximum Gasteiger partial charge on any atom is 0.416 e. The Morgan fingerprint density at radius 1 is 0.929 bits per heavy atom. The Bertz CT molecular complexity index is 1350. The van der Waals surface area contributed by atoms with E-state index >= 15 is 0 Å². The van der Waals surface area contributed by atoms with Crippen molar-refractivity contribution in [1.29, 1.82) is 0 Å². The molecule has 0 bridgehead atoms. The molecular formula is C29H34F6N6O. The third-order valence-corrected chi connectivity index (χ3v) is 8.01. The minimum absolute atomic E-state index is 0.0534. The number of halogens is 6. The number of alkyl halides is 6. The largest absolute Gasteiger partial charge is 0.416 e. The zero-order valence-corrected chi connectivity index (χ0v) is 23.2. The monoisotopic (exact) mass is 596 g/mol. The summed E-state index contributed by atoms with van der Waals surface area (Å²) in [7, 11) is 2.02. The predicted molar refractivity (Wildman–Crippen MR) is 146 cm³/mol. The number of benzene rings is 2. The van der Waals surface area contributed by atoms with E-state index in [1.165, 1.54) is 0 Å². The lowest BCUT2D eigenvalue weighted by molar-refractivity contribution is -0.143. The van der Waals surface area contributed by atoms with Gasteiger partial charge in [-0.1, -0.05) is 18.2 Å². The Morgan fingerprint density at radius 3 is 2.26 bits per heavy atom.